The predicted molar refractivity (Wildman–Crippen MR) is 84.1 cm³/mol. The molecule has 1 fully saturated rings. The molecule has 3 rings (SSSR count). The Morgan fingerprint density at radius 3 is 2.86 bits per heavy atom. The number of ether oxygens (including phenoxy) is 1. The monoisotopic (exact) mass is 297 g/mol. The molecule has 1 aliphatic rings. The van der Waals surface area contributed by atoms with Crippen LogP contribution in [0.3, 0.4) is 0 Å². The highest BCUT2D eigenvalue weighted by Crippen LogP contribution is 2.22. The Labute approximate surface area is 129 Å². The standard InChI is InChI=1S/C17H19N3O2/c1-13-12-19-9-10-20(13)17(21)14-3-2-4-16(11-14)22-15-5-7-18-8-6-15/h2-8,11,13,19H,9-10,12H2,1H3. The molecule has 0 aliphatic carbocycles. The van der Waals surface area contributed by atoms with Gasteiger partial charge in [0.15, 0.2) is 0 Å². The van der Waals surface area contributed by atoms with Gasteiger partial charge < -0.3 is 15.0 Å². The summed E-state index contributed by atoms with van der Waals surface area (Å²) in [5.74, 6) is 1.41. The minimum absolute atomic E-state index is 0.0502. The summed E-state index contributed by atoms with van der Waals surface area (Å²) in [6.45, 7) is 4.46. The molecule has 0 saturated carbocycles. The third kappa shape index (κ3) is 3.26. The third-order valence-corrected chi connectivity index (χ3v) is 3.73. The second-order valence-corrected chi connectivity index (χ2v) is 5.36. The van der Waals surface area contributed by atoms with Crippen molar-refractivity contribution >= 4 is 5.91 Å². The van der Waals surface area contributed by atoms with Crippen LogP contribution in [0.1, 0.15) is 17.3 Å². The first-order valence-corrected chi connectivity index (χ1v) is 7.43. The molecule has 114 valence electrons. The highest BCUT2D eigenvalue weighted by molar-refractivity contribution is 5.95. The van der Waals surface area contributed by atoms with Gasteiger partial charge in [-0.3, -0.25) is 9.78 Å². The number of aromatic nitrogens is 1. The summed E-state index contributed by atoms with van der Waals surface area (Å²) in [5, 5.41) is 3.29. The Hall–Kier alpha value is -2.40. The first-order chi connectivity index (χ1) is 10.7. The zero-order valence-corrected chi connectivity index (χ0v) is 12.5. The van der Waals surface area contributed by atoms with Gasteiger partial charge in [-0.05, 0) is 37.3 Å². The van der Waals surface area contributed by atoms with Crippen LogP contribution < -0.4 is 10.1 Å². The molecule has 5 nitrogen and oxygen atoms in total. The van der Waals surface area contributed by atoms with Crippen LogP contribution in [-0.4, -0.2) is 41.5 Å². The minimum Gasteiger partial charge on any atom is -0.457 e. The summed E-state index contributed by atoms with van der Waals surface area (Å²) in [7, 11) is 0. The average molecular weight is 297 g/mol. The molecule has 1 aliphatic heterocycles. The van der Waals surface area contributed by atoms with Crippen LogP contribution in [0.4, 0.5) is 0 Å². The van der Waals surface area contributed by atoms with E-state index in [0.717, 1.165) is 19.6 Å². The highest BCUT2D eigenvalue weighted by Gasteiger charge is 2.24. The smallest absolute Gasteiger partial charge is 0.254 e. The van der Waals surface area contributed by atoms with Gasteiger partial charge in [0.25, 0.3) is 5.91 Å². The largest absolute Gasteiger partial charge is 0.457 e. The summed E-state index contributed by atoms with van der Waals surface area (Å²) < 4.78 is 5.76. The number of nitrogens with one attached hydrogen (secondary N) is 1. The third-order valence-electron chi connectivity index (χ3n) is 3.73. The molecule has 1 amide bonds. The first-order valence-electron chi connectivity index (χ1n) is 7.43. The molecule has 2 aromatic rings. The fourth-order valence-corrected chi connectivity index (χ4v) is 2.54. The fraction of sp³-hybridized carbons (Fsp3) is 0.294. The summed E-state index contributed by atoms with van der Waals surface area (Å²) in [4.78, 5) is 18.5. The van der Waals surface area contributed by atoms with Gasteiger partial charge >= 0.3 is 0 Å². The Balaban J connectivity index is 1.77. The summed E-state index contributed by atoms with van der Waals surface area (Å²) >= 11 is 0. The summed E-state index contributed by atoms with van der Waals surface area (Å²) in [6.07, 6.45) is 3.35. The number of benzene rings is 1. The number of hydrogen-bond acceptors (Lipinski definition) is 4. The summed E-state index contributed by atoms with van der Waals surface area (Å²) in [6, 6.07) is 11.1. The second kappa shape index (κ2) is 6.58. The van der Waals surface area contributed by atoms with E-state index < -0.39 is 0 Å². The van der Waals surface area contributed by atoms with Crippen molar-refractivity contribution in [3.8, 4) is 11.5 Å². The Morgan fingerprint density at radius 1 is 1.27 bits per heavy atom. The lowest BCUT2D eigenvalue weighted by Gasteiger charge is -2.34. The molecular weight excluding hydrogens is 278 g/mol. The predicted octanol–water partition coefficient (Wildman–Crippen LogP) is 2.31. The molecule has 1 aromatic carbocycles. The van der Waals surface area contributed by atoms with Gasteiger partial charge in [-0.2, -0.15) is 0 Å². The quantitative estimate of drug-likeness (QED) is 0.944. The summed E-state index contributed by atoms with van der Waals surface area (Å²) in [5.41, 5.74) is 0.653. The number of carbonyl (C=O) groups is 1. The molecule has 2 heterocycles. The maximum atomic E-state index is 12.6. The SMILES string of the molecule is CC1CNCCN1C(=O)c1cccc(Oc2ccncc2)c1. The number of nitrogens with zero attached hydrogens (tertiary/aromatic N) is 2. The van der Waals surface area contributed by atoms with Crippen molar-refractivity contribution in [2.45, 2.75) is 13.0 Å². The zero-order chi connectivity index (χ0) is 15.4. The maximum Gasteiger partial charge on any atom is 0.254 e. The molecule has 0 spiro atoms. The molecule has 1 saturated heterocycles. The molecular formula is C17H19N3O2. The van der Waals surface area contributed by atoms with Gasteiger partial charge in [0.2, 0.25) is 0 Å². The maximum absolute atomic E-state index is 12.6. The lowest BCUT2D eigenvalue weighted by molar-refractivity contribution is 0.0655. The van der Waals surface area contributed by atoms with E-state index in [1.54, 1.807) is 30.6 Å². The molecule has 0 bridgehead atoms. The normalized spacial score (nSPS) is 18.0. The van der Waals surface area contributed by atoms with Crippen LogP contribution in [0.5, 0.6) is 11.5 Å². The molecule has 1 unspecified atom stereocenters. The number of piperazine rings is 1. The van der Waals surface area contributed by atoms with E-state index in [1.807, 2.05) is 23.1 Å². The van der Waals surface area contributed by atoms with Crippen LogP contribution in [0.2, 0.25) is 0 Å². The number of hydrogen-bond donors (Lipinski definition) is 1. The van der Waals surface area contributed by atoms with E-state index in [2.05, 4.69) is 17.2 Å². The zero-order valence-electron chi connectivity index (χ0n) is 12.5. The van der Waals surface area contributed by atoms with E-state index in [-0.39, 0.29) is 11.9 Å². The van der Waals surface area contributed by atoms with Crippen molar-refractivity contribution in [2.24, 2.45) is 0 Å². The van der Waals surface area contributed by atoms with Gasteiger partial charge in [0, 0.05) is 43.6 Å². The molecule has 1 N–H and O–H groups in total. The van der Waals surface area contributed by atoms with Crippen molar-refractivity contribution in [1.29, 1.82) is 0 Å². The molecule has 0 radical (unpaired) electrons. The van der Waals surface area contributed by atoms with Crippen molar-refractivity contribution in [3.05, 3.63) is 54.4 Å². The number of rotatable bonds is 3. The van der Waals surface area contributed by atoms with Crippen molar-refractivity contribution in [2.75, 3.05) is 19.6 Å². The first kappa shape index (κ1) is 14.5. The van der Waals surface area contributed by atoms with Crippen LogP contribution in [0.25, 0.3) is 0 Å². The van der Waals surface area contributed by atoms with E-state index in [9.17, 15) is 4.79 Å². The molecule has 22 heavy (non-hydrogen) atoms. The van der Waals surface area contributed by atoms with Crippen molar-refractivity contribution in [3.63, 3.8) is 0 Å². The Morgan fingerprint density at radius 2 is 2.09 bits per heavy atom. The van der Waals surface area contributed by atoms with Gasteiger partial charge in [0.05, 0.1) is 0 Å². The average Bonchev–Trinajstić information content (AvgIpc) is 2.56. The number of carbonyl (C=O) groups excluding carboxylic acids is 1. The Kier molecular flexibility index (Phi) is 4.34. The van der Waals surface area contributed by atoms with Crippen molar-refractivity contribution < 1.29 is 9.53 Å². The lowest BCUT2D eigenvalue weighted by Crippen LogP contribution is -2.52. The lowest BCUT2D eigenvalue weighted by atomic mass is 10.1. The van der Waals surface area contributed by atoms with Crippen LogP contribution in [-0.2, 0) is 0 Å². The van der Waals surface area contributed by atoms with Crippen molar-refractivity contribution in [1.82, 2.24) is 15.2 Å². The molecule has 1 atom stereocenters. The van der Waals surface area contributed by atoms with E-state index in [0.29, 0.717) is 17.1 Å². The van der Waals surface area contributed by atoms with Crippen LogP contribution in [0, 0.1) is 0 Å². The van der Waals surface area contributed by atoms with Gasteiger partial charge in [-0.25, -0.2) is 0 Å². The molecule has 1 aromatic heterocycles. The van der Waals surface area contributed by atoms with Crippen LogP contribution >= 0.6 is 0 Å². The minimum atomic E-state index is 0.0502. The van der Waals surface area contributed by atoms with Gasteiger partial charge in [-0.1, -0.05) is 6.07 Å². The van der Waals surface area contributed by atoms with E-state index >= 15 is 0 Å². The Bertz CT molecular complexity index is 645. The van der Waals surface area contributed by atoms with E-state index in [1.165, 1.54) is 0 Å². The second-order valence-electron chi connectivity index (χ2n) is 5.36. The number of amides is 1. The van der Waals surface area contributed by atoms with Crippen LogP contribution in [0.15, 0.2) is 48.8 Å². The highest BCUT2D eigenvalue weighted by atomic mass is 16.5. The van der Waals surface area contributed by atoms with E-state index in [4.69, 9.17) is 4.74 Å². The molecule has 5 heteroatoms. The fourth-order valence-electron chi connectivity index (χ4n) is 2.54. The topological polar surface area (TPSA) is 54.5 Å². The van der Waals surface area contributed by atoms with Gasteiger partial charge in [-0.15, -0.1) is 0 Å². The number of pyridine rings is 1. The van der Waals surface area contributed by atoms with Gasteiger partial charge in [0.1, 0.15) is 11.5 Å².